The largest absolute Gasteiger partial charge is 0.483 e. The van der Waals surface area contributed by atoms with Gasteiger partial charge in [0.05, 0.1) is 12.0 Å². The van der Waals surface area contributed by atoms with Crippen LogP contribution in [0.3, 0.4) is 0 Å². The zero-order valence-corrected chi connectivity index (χ0v) is 16.6. The van der Waals surface area contributed by atoms with Crippen LogP contribution in [0, 0.1) is 5.92 Å². The number of nitrogens with zero attached hydrogens (tertiary/aromatic N) is 3. The third kappa shape index (κ3) is 4.55. The predicted octanol–water partition coefficient (Wildman–Crippen LogP) is 2.53. The van der Waals surface area contributed by atoms with Crippen molar-refractivity contribution in [3.05, 3.63) is 48.0 Å². The van der Waals surface area contributed by atoms with Gasteiger partial charge in [-0.1, -0.05) is 24.6 Å². The minimum Gasteiger partial charge on any atom is -0.483 e. The smallest absolute Gasteiger partial charge is 0.258 e. The van der Waals surface area contributed by atoms with Crippen molar-refractivity contribution in [2.45, 2.75) is 44.7 Å². The van der Waals surface area contributed by atoms with E-state index in [1.165, 1.54) is 17.7 Å². The number of likely N-dealkylation sites (tertiary alicyclic amines) is 1. The second-order valence-electron chi connectivity index (χ2n) is 8.10. The molecule has 0 radical (unpaired) electrons. The van der Waals surface area contributed by atoms with Gasteiger partial charge in [0.2, 0.25) is 0 Å². The van der Waals surface area contributed by atoms with Gasteiger partial charge in [-0.2, -0.15) is 0 Å². The van der Waals surface area contributed by atoms with E-state index in [1.54, 1.807) is 0 Å². The van der Waals surface area contributed by atoms with Crippen LogP contribution in [-0.2, 0) is 24.8 Å². The van der Waals surface area contributed by atoms with Gasteiger partial charge in [0, 0.05) is 38.9 Å². The Morgan fingerprint density at radius 3 is 3.00 bits per heavy atom. The lowest BCUT2D eigenvalue weighted by Gasteiger charge is -2.39. The number of rotatable bonds is 2. The third-order valence-corrected chi connectivity index (χ3v) is 6.07. The molecule has 0 bridgehead atoms. The highest BCUT2D eigenvalue weighted by Crippen LogP contribution is 2.26. The van der Waals surface area contributed by atoms with Crippen LogP contribution in [0.5, 0.6) is 5.75 Å². The van der Waals surface area contributed by atoms with Gasteiger partial charge in [-0.25, -0.2) is 4.98 Å². The fourth-order valence-corrected chi connectivity index (χ4v) is 4.46. The van der Waals surface area contributed by atoms with Crippen molar-refractivity contribution in [3.8, 4) is 5.75 Å². The van der Waals surface area contributed by atoms with Crippen molar-refractivity contribution in [2.24, 2.45) is 13.0 Å². The van der Waals surface area contributed by atoms with Crippen LogP contribution in [0.4, 0.5) is 0 Å². The van der Waals surface area contributed by atoms with Crippen LogP contribution in [-0.4, -0.2) is 46.1 Å². The second kappa shape index (κ2) is 8.78. The Balaban J connectivity index is 1.42. The zero-order chi connectivity index (χ0) is 19.3. The van der Waals surface area contributed by atoms with Gasteiger partial charge in [0.15, 0.2) is 6.61 Å². The predicted molar refractivity (Wildman–Crippen MR) is 108 cm³/mol. The quantitative estimate of drug-likeness (QED) is 0.867. The number of para-hydroxylation sites is 1. The second-order valence-corrected chi connectivity index (χ2v) is 8.10. The molecular weight excluding hydrogens is 352 g/mol. The maximum Gasteiger partial charge on any atom is 0.258 e. The number of ether oxygens (including phenoxy) is 1. The first-order valence-electron chi connectivity index (χ1n) is 10.4. The highest BCUT2D eigenvalue weighted by molar-refractivity contribution is 5.78. The van der Waals surface area contributed by atoms with Gasteiger partial charge in [-0.15, -0.1) is 0 Å². The molecule has 4 rings (SSSR count). The molecule has 6 heteroatoms. The number of carbonyl (C=O) groups excluding carboxylic acids is 1. The van der Waals surface area contributed by atoms with E-state index >= 15 is 0 Å². The summed E-state index contributed by atoms with van der Waals surface area (Å²) >= 11 is 0. The molecule has 0 unspecified atom stereocenters. The Morgan fingerprint density at radius 1 is 1.25 bits per heavy atom. The SMILES string of the molecule is Cn1cncc1CN1CC[C@H]2NC(=O)COc3ccccc3CCCC[C@H]2C1. The molecule has 1 aromatic carbocycles. The molecule has 1 aromatic heterocycles. The van der Waals surface area contributed by atoms with Crippen LogP contribution in [0.25, 0.3) is 0 Å². The lowest BCUT2D eigenvalue weighted by atomic mass is 9.87. The Kier molecular flexibility index (Phi) is 5.95. The third-order valence-electron chi connectivity index (χ3n) is 6.07. The monoisotopic (exact) mass is 382 g/mol. The van der Waals surface area contributed by atoms with Crippen LogP contribution in [0.1, 0.15) is 36.9 Å². The maximum absolute atomic E-state index is 12.5. The van der Waals surface area contributed by atoms with Crippen molar-refractivity contribution >= 4 is 5.91 Å². The zero-order valence-electron chi connectivity index (χ0n) is 16.6. The van der Waals surface area contributed by atoms with E-state index in [4.69, 9.17) is 4.74 Å². The summed E-state index contributed by atoms with van der Waals surface area (Å²) in [5.74, 6) is 1.33. The summed E-state index contributed by atoms with van der Waals surface area (Å²) in [7, 11) is 2.04. The number of carbonyl (C=O) groups is 1. The van der Waals surface area contributed by atoms with Gasteiger partial charge >= 0.3 is 0 Å². The van der Waals surface area contributed by atoms with Crippen LogP contribution in [0.2, 0.25) is 0 Å². The maximum atomic E-state index is 12.5. The Bertz CT molecular complexity index is 803. The van der Waals surface area contributed by atoms with Crippen LogP contribution in [0.15, 0.2) is 36.8 Å². The van der Waals surface area contributed by atoms with Crippen molar-refractivity contribution in [3.63, 3.8) is 0 Å². The molecule has 6 nitrogen and oxygen atoms in total. The van der Waals surface area contributed by atoms with Crippen molar-refractivity contribution in [1.82, 2.24) is 19.8 Å². The molecular formula is C22H30N4O2. The van der Waals surface area contributed by atoms with Gasteiger partial charge < -0.3 is 14.6 Å². The lowest BCUT2D eigenvalue weighted by molar-refractivity contribution is -0.124. The molecule has 0 saturated carbocycles. The topological polar surface area (TPSA) is 59.4 Å². The van der Waals surface area contributed by atoms with E-state index in [-0.39, 0.29) is 18.6 Å². The van der Waals surface area contributed by atoms with E-state index in [9.17, 15) is 4.79 Å². The van der Waals surface area contributed by atoms with Gasteiger partial charge in [0.25, 0.3) is 5.91 Å². The molecule has 2 aliphatic rings. The summed E-state index contributed by atoms with van der Waals surface area (Å²) in [6, 6.07) is 8.33. The summed E-state index contributed by atoms with van der Waals surface area (Å²) in [4.78, 5) is 19.2. The summed E-state index contributed by atoms with van der Waals surface area (Å²) in [5.41, 5.74) is 2.44. The van der Waals surface area contributed by atoms with E-state index in [0.29, 0.717) is 5.92 Å². The van der Waals surface area contributed by atoms with E-state index in [1.807, 2.05) is 37.8 Å². The number of benzene rings is 1. The molecule has 1 amide bonds. The Morgan fingerprint density at radius 2 is 2.14 bits per heavy atom. The Hall–Kier alpha value is -2.34. The average molecular weight is 383 g/mol. The molecule has 28 heavy (non-hydrogen) atoms. The number of hydrogen-bond donors (Lipinski definition) is 1. The van der Waals surface area contributed by atoms with Gasteiger partial charge in [0.1, 0.15) is 5.75 Å². The molecule has 0 spiro atoms. The highest BCUT2D eigenvalue weighted by Gasteiger charge is 2.30. The number of imidazole rings is 1. The number of amides is 1. The summed E-state index contributed by atoms with van der Waals surface area (Å²) in [6.07, 6.45) is 9.28. The van der Waals surface area contributed by atoms with Crippen LogP contribution >= 0.6 is 0 Å². The standard InChI is InChI=1S/C22H30N4O2/c1-25-16-23-12-19(25)14-26-11-10-20-18(13-26)8-3-2-6-17-7-4-5-9-21(17)28-15-22(27)24-20/h4-5,7,9,12,16,18,20H,2-3,6,8,10-11,13-15H2,1H3,(H,24,27)/t18-,20+/m0/s1. The summed E-state index contributed by atoms with van der Waals surface area (Å²) in [6.45, 7) is 3.03. The number of nitrogens with one attached hydrogen (secondary N) is 1. The molecule has 1 saturated heterocycles. The fourth-order valence-electron chi connectivity index (χ4n) is 4.46. The molecule has 3 heterocycles. The molecule has 1 fully saturated rings. The number of hydrogen-bond acceptors (Lipinski definition) is 4. The minimum atomic E-state index is -0.00883. The fraction of sp³-hybridized carbons (Fsp3) is 0.545. The highest BCUT2D eigenvalue weighted by atomic mass is 16.5. The van der Waals surface area contributed by atoms with Gasteiger partial charge in [-0.3, -0.25) is 9.69 Å². The number of aryl methyl sites for hydroxylation is 2. The molecule has 150 valence electrons. The molecule has 0 aliphatic carbocycles. The van der Waals surface area contributed by atoms with Gasteiger partial charge in [-0.05, 0) is 43.2 Å². The number of piperidine rings is 1. The molecule has 2 aromatic rings. The lowest BCUT2D eigenvalue weighted by Crippen LogP contribution is -2.51. The first-order chi connectivity index (χ1) is 13.7. The van der Waals surface area contributed by atoms with E-state index in [0.717, 1.165) is 51.1 Å². The first-order valence-corrected chi connectivity index (χ1v) is 10.4. The summed E-state index contributed by atoms with van der Waals surface area (Å²) < 4.78 is 7.91. The number of fused-ring (bicyclic) bond motifs is 2. The summed E-state index contributed by atoms with van der Waals surface area (Å²) in [5, 5.41) is 3.25. The first kappa shape index (κ1) is 19.0. The van der Waals surface area contributed by atoms with Crippen LogP contribution < -0.4 is 10.1 Å². The van der Waals surface area contributed by atoms with Crippen molar-refractivity contribution < 1.29 is 9.53 Å². The van der Waals surface area contributed by atoms with Crippen molar-refractivity contribution in [2.75, 3.05) is 19.7 Å². The van der Waals surface area contributed by atoms with E-state index < -0.39 is 0 Å². The normalized spacial score (nSPS) is 24.1. The molecule has 1 N–H and O–H groups in total. The minimum absolute atomic E-state index is 0.00883. The average Bonchev–Trinajstić information content (AvgIpc) is 3.09. The number of aromatic nitrogens is 2. The molecule has 2 atom stereocenters. The molecule has 2 aliphatic heterocycles. The Labute approximate surface area is 166 Å². The van der Waals surface area contributed by atoms with Crippen molar-refractivity contribution in [1.29, 1.82) is 0 Å². The van der Waals surface area contributed by atoms with E-state index in [2.05, 4.69) is 25.8 Å².